The minimum absolute atomic E-state index is 1.16. The highest BCUT2D eigenvalue weighted by atomic mass is 14.9. The second kappa shape index (κ2) is 6.48. The van der Waals surface area contributed by atoms with Gasteiger partial charge in [0.2, 0.25) is 0 Å². The largest absolute Gasteiger partial charge is 0.308 e. The Morgan fingerprint density at radius 2 is 1.14 bits per heavy atom. The average Bonchev–Trinajstić information content (AvgIpc) is 3.64. The summed E-state index contributed by atoms with van der Waals surface area (Å²) in [6.07, 6.45) is 6.32. The molecule has 5 aromatic carbocycles. The first-order chi connectivity index (χ1) is 18.3. The van der Waals surface area contributed by atoms with Gasteiger partial charge < -0.3 is 8.80 Å². The monoisotopic (exact) mass is 470 g/mol. The maximum atomic E-state index is 4.19. The van der Waals surface area contributed by atoms with E-state index in [0.29, 0.717) is 0 Å². The minimum atomic E-state index is 1.16. The zero-order valence-corrected chi connectivity index (χ0v) is 20.4. The molecular formula is C35H22N2. The van der Waals surface area contributed by atoms with E-state index in [-0.39, 0.29) is 0 Å². The lowest BCUT2D eigenvalue weighted by Gasteiger charge is -2.05. The first kappa shape index (κ1) is 19.4. The Balaban J connectivity index is 1.50. The zero-order valence-electron chi connectivity index (χ0n) is 20.4. The van der Waals surface area contributed by atoms with Crippen molar-refractivity contribution < 1.29 is 0 Å². The summed E-state index contributed by atoms with van der Waals surface area (Å²) in [5.41, 5.74) is 8.80. The van der Waals surface area contributed by atoms with Gasteiger partial charge in [0.25, 0.3) is 0 Å². The van der Waals surface area contributed by atoms with Crippen LogP contribution < -0.4 is 0 Å². The van der Waals surface area contributed by atoms with E-state index in [1.54, 1.807) is 0 Å². The standard InChI is InChI=1S/C35H22N2/c1-3-9-22-24-11-7-13-26-28-16-21-19-33-29(17-20(21)18-32(28)36(34(24)26)30(22)4-2)27-14-8-12-25-23-10-5-6-15-31(23)37(33)35(25)27/h3-19H,2H2,1H3/b9-3-. The molecule has 0 atom stereocenters. The number of allylic oxidation sites excluding steroid dienone is 1. The van der Waals surface area contributed by atoms with Crippen molar-refractivity contribution in [3.63, 3.8) is 0 Å². The van der Waals surface area contributed by atoms with Crippen LogP contribution in [0.4, 0.5) is 0 Å². The van der Waals surface area contributed by atoms with E-state index in [9.17, 15) is 0 Å². The number of para-hydroxylation sites is 3. The Morgan fingerprint density at radius 3 is 1.81 bits per heavy atom. The van der Waals surface area contributed by atoms with Crippen LogP contribution in [0.25, 0.3) is 88.2 Å². The number of fused-ring (bicyclic) bond motifs is 10. The third kappa shape index (κ3) is 2.15. The SMILES string of the molecule is C=Cc1c(/C=C\C)c2cccc3c4cc5cc6c(cc5cc4n1c23)c1cccc2c3ccccc3n6c21. The van der Waals surface area contributed by atoms with E-state index >= 15 is 0 Å². The van der Waals surface area contributed by atoms with E-state index < -0.39 is 0 Å². The summed E-state index contributed by atoms with van der Waals surface area (Å²) < 4.78 is 4.87. The van der Waals surface area contributed by atoms with Gasteiger partial charge in [0.05, 0.1) is 33.3 Å². The van der Waals surface area contributed by atoms with Gasteiger partial charge in [-0.3, -0.25) is 0 Å². The summed E-state index contributed by atoms with van der Waals surface area (Å²) in [5, 5.41) is 11.7. The van der Waals surface area contributed by atoms with Gasteiger partial charge in [-0.2, -0.15) is 0 Å². The quantitative estimate of drug-likeness (QED) is 0.238. The zero-order chi connectivity index (χ0) is 24.4. The molecule has 4 heterocycles. The van der Waals surface area contributed by atoms with Crippen LogP contribution in [0.3, 0.4) is 0 Å². The van der Waals surface area contributed by atoms with Crippen LogP contribution in [0.1, 0.15) is 18.2 Å². The highest BCUT2D eigenvalue weighted by Crippen LogP contribution is 2.43. The molecule has 0 bridgehead atoms. The van der Waals surface area contributed by atoms with Gasteiger partial charge in [-0.05, 0) is 54.1 Å². The molecule has 172 valence electrons. The Hall–Kier alpha value is -4.82. The van der Waals surface area contributed by atoms with Crippen molar-refractivity contribution in [1.29, 1.82) is 0 Å². The fraction of sp³-hybridized carbons (Fsp3) is 0.0286. The summed E-state index contributed by atoms with van der Waals surface area (Å²) in [6, 6.07) is 31.7. The molecular weight excluding hydrogens is 448 g/mol. The summed E-state index contributed by atoms with van der Waals surface area (Å²) in [4.78, 5) is 0. The molecule has 0 aliphatic carbocycles. The highest BCUT2D eigenvalue weighted by molar-refractivity contribution is 6.26. The van der Waals surface area contributed by atoms with Crippen molar-refractivity contribution in [3.8, 4) is 0 Å². The fourth-order valence-electron chi connectivity index (χ4n) is 7.00. The fourth-order valence-corrected chi connectivity index (χ4v) is 7.00. The van der Waals surface area contributed by atoms with Crippen LogP contribution in [0.5, 0.6) is 0 Å². The number of rotatable bonds is 2. The van der Waals surface area contributed by atoms with E-state index in [2.05, 4.69) is 119 Å². The van der Waals surface area contributed by atoms with Gasteiger partial charge >= 0.3 is 0 Å². The molecule has 0 aliphatic rings. The Labute approximate surface area is 212 Å². The van der Waals surface area contributed by atoms with Crippen LogP contribution in [0, 0.1) is 0 Å². The van der Waals surface area contributed by atoms with Crippen molar-refractivity contribution in [1.82, 2.24) is 8.80 Å². The average molecular weight is 471 g/mol. The first-order valence-electron chi connectivity index (χ1n) is 12.9. The third-order valence-electron chi connectivity index (χ3n) is 8.42. The van der Waals surface area contributed by atoms with Crippen LogP contribution in [-0.2, 0) is 0 Å². The van der Waals surface area contributed by atoms with E-state index in [1.807, 2.05) is 6.08 Å². The first-order valence-corrected chi connectivity index (χ1v) is 12.9. The number of benzene rings is 5. The molecule has 9 rings (SSSR count). The predicted octanol–water partition coefficient (Wildman–Crippen LogP) is 9.66. The summed E-state index contributed by atoms with van der Waals surface area (Å²) in [5.74, 6) is 0. The van der Waals surface area contributed by atoms with Crippen molar-refractivity contribution in [3.05, 3.63) is 109 Å². The molecule has 0 N–H and O–H groups in total. The molecule has 0 aliphatic heterocycles. The normalized spacial score (nSPS) is 13.0. The number of aromatic nitrogens is 2. The minimum Gasteiger partial charge on any atom is -0.308 e. The number of hydrogen-bond acceptors (Lipinski definition) is 0. The second-order valence-corrected chi connectivity index (χ2v) is 10.2. The van der Waals surface area contributed by atoms with E-state index in [0.717, 1.165) is 5.69 Å². The van der Waals surface area contributed by atoms with Gasteiger partial charge in [-0.1, -0.05) is 73.3 Å². The molecule has 0 radical (unpaired) electrons. The van der Waals surface area contributed by atoms with Crippen molar-refractivity contribution in [2.24, 2.45) is 0 Å². The van der Waals surface area contributed by atoms with Gasteiger partial charge in [-0.25, -0.2) is 0 Å². The lowest BCUT2D eigenvalue weighted by molar-refractivity contribution is 1.27. The van der Waals surface area contributed by atoms with E-state index in [1.165, 1.54) is 81.6 Å². The lowest BCUT2D eigenvalue weighted by atomic mass is 10.0. The maximum absolute atomic E-state index is 4.19. The maximum Gasteiger partial charge on any atom is 0.0620 e. The smallest absolute Gasteiger partial charge is 0.0620 e. The Kier molecular flexibility index (Phi) is 3.40. The van der Waals surface area contributed by atoms with Crippen molar-refractivity contribution in [2.45, 2.75) is 6.92 Å². The van der Waals surface area contributed by atoms with Crippen LogP contribution in [0.2, 0.25) is 0 Å². The van der Waals surface area contributed by atoms with Gasteiger partial charge in [-0.15, -0.1) is 0 Å². The molecule has 2 nitrogen and oxygen atoms in total. The third-order valence-corrected chi connectivity index (χ3v) is 8.42. The van der Waals surface area contributed by atoms with Crippen LogP contribution in [0.15, 0.2) is 97.6 Å². The lowest BCUT2D eigenvalue weighted by Crippen LogP contribution is -1.86. The molecule has 9 aromatic rings. The van der Waals surface area contributed by atoms with Crippen LogP contribution >= 0.6 is 0 Å². The van der Waals surface area contributed by atoms with Crippen molar-refractivity contribution in [2.75, 3.05) is 0 Å². The molecule has 0 saturated heterocycles. The van der Waals surface area contributed by atoms with Gasteiger partial charge in [0.15, 0.2) is 0 Å². The Bertz CT molecular complexity index is 2430. The Morgan fingerprint density at radius 1 is 0.568 bits per heavy atom. The molecule has 0 unspecified atom stereocenters. The molecule has 0 spiro atoms. The van der Waals surface area contributed by atoms with Crippen LogP contribution in [-0.4, -0.2) is 8.80 Å². The molecule has 4 aromatic heterocycles. The summed E-state index contributed by atoms with van der Waals surface area (Å²) in [6.45, 7) is 6.27. The molecule has 2 heteroatoms. The van der Waals surface area contributed by atoms with Crippen molar-refractivity contribution >= 4 is 88.2 Å². The summed E-state index contributed by atoms with van der Waals surface area (Å²) in [7, 11) is 0. The van der Waals surface area contributed by atoms with Gasteiger partial charge in [0.1, 0.15) is 0 Å². The topological polar surface area (TPSA) is 8.82 Å². The van der Waals surface area contributed by atoms with Gasteiger partial charge in [0, 0.05) is 43.3 Å². The predicted molar refractivity (Wildman–Crippen MR) is 161 cm³/mol. The molecule has 0 fully saturated rings. The summed E-state index contributed by atoms with van der Waals surface area (Å²) >= 11 is 0. The molecule has 0 amide bonds. The molecule has 37 heavy (non-hydrogen) atoms. The molecule has 0 saturated carbocycles. The number of hydrogen-bond donors (Lipinski definition) is 0. The van der Waals surface area contributed by atoms with E-state index in [4.69, 9.17) is 0 Å². The number of nitrogens with zero attached hydrogens (tertiary/aromatic N) is 2. The highest BCUT2D eigenvalue weighted by Gasteiger charge is 2.21. The second-order valence-electron chi connectivity index (χ2n) is 10.2.